The van der Waals surface area contributed by atoms with Gasteiger partial charge < -0.3 is 38.1 Å². The molecule has 0 saturated heterocycles. The third-order valence-corrected chi connectivity index (χ3v) is 10.00. The molecule has 11 nitrogen and oxygen atoms in total. The van der Waals surface area contributed by atoms with Crippen LogP contribution >= 0.6 is 7.82 Å². The van der Waals surface area contributed by atoms with E-state index in [0.717, 1.165) is 89.9 Å². The molecule has 0 amide bonds. The van der Waals surface area contributed by atoms with Crippen molar-refractivity contribution >= 4 is 19.8 Å². The Bertz CT molecular complexity index is 1130. The molecule has 0 aromatic rings. The van der Waals surface area contributed by atoms with Crippen LogP contribution in [0.4, 0.5) is 0 Å². The fourth-order valence-electron chi connectivity index (χ4n) is 5.51. The molecule has 0 heterocycles. The zero-order valence-electron chi connectivity index (χ0n) is 35.8. The quantitative estimate of drug-likeness (QED) is 0.0203. The molecule has 12 heteroatoms. The number of hydrogen-bond acceptors (Lipinski definition) is 10. The Morgan fingerprint density at radius 1 is 0.661 bits per heavy atom. The second kappa shape index (κ2) is 36.0. The molecule has 0 aliphatic rings. The lowest BCUT2D eigenvalue weighted by Gasteiger charge is -2.28. The number of phosphoric ester groups is 1. The highest BCUT2D eigenvalue weighted by Gasteiger charge is 2.22. The van der Waals surface area contributed by atoms with E-state index in [1.54, 1.807) is 0 Å². The lowest BCUT2D eigenvalue weighted by atomic mass is 10.0. The molecule has 0 aliphatic carbocycles. The van der Waals surface area contributed by atoms with Gasteiger partial charge in [0.25, 0.3) is 7.82 Å². The Morgan fingerprint density at radius 3 is 1.86 bits per heavy atom. The highest BCUT2D eigenvalue weighted by atomic mass is 31.2. The normalized spacial score (nSPS) is 15.2. The van der Waals surface area contributed by atoms with Crippen molar-refractivity contribution in [3.63, 3.8) is 0 Å². The van der Waals surface area contributed by atoms with Crippen LogP contribution in [0.3, 0.4) is 0 Å². The van der Waals surface area contributed by atoms with E-state index >= 15 is 0 Å². The van der Waals surface area contributed by atoms with E-state index in [0.29, 0.717) is 36.7 Å². The average molecular weight is 814 g/mol. The summed E-state index contributed by atoms with van der Waals surface area (Å²) in [5, 5.41) is 20.5. The Balaban J connectivity index is 4.53. The van der Waals surface area contributed by atoms with Gasteiger partial charge in [-0.1, -0.05) is 120 Å². The van der Waals surface area contributed by atoms with Crippen molar-refractivity contribution in [3.05, 3.63) is 48.6 Å². The Kier molecular flexibility index (Phi) is 34.6. The van der Waals surface area contributed by atoms with E-state index in [9.17, 15) is 29.3 Å². The van der Waals surface area contributed by atoms with E-state index in [1.807, 2.05) is 27.2 Å². The summed E-state index contributed by atoms with van der Waals surface area (Å²) in [7, 11) is 1.05. The summed E-state index contributed by atoms with van der Waals surface area (Å²) in [5.41, 5.74) is 0. The van der Waals surface area contributed by atoms with Gasteiger partial charge >= 0.3 is 11.9 Å². The van der Waals surface area contributed by atoms with Crippen molar-refractivity contribution in [1.29, 1.82) is 0 Å². The van der Waals surface area contributed by atoms with E-state index in [-0.39, 0.29) is 26.1 Å². The Hall–Kier alpha value is -2.11. The van der Waals surface area contributed by atoms with Crippen LogP contribution in [0.15, 0.2) is 48.6 Å². The van der Waals surface area contributed by atoms with Crippen molar-refractivity contribution in [3.8, 4) is 0 Å². The number of likely N-dealkylation sites (N-methyl/N-ethyl adjacent to an activating group) is 1. The predicted molar refractivity (Wildman–Crippen MR) is 225 cm³/mol. The lowest BCUT2D eigenvalue weighted by molar-refractivity contribution is -0.870. The summed E-state index contributed by atoms with van der Waals surface area (Å²) in [4.78, 5) is 37.5. The topological polar surface area (TPSA) is 152 Å². The minimum absolute atomic E-state index is 0.0640. The summed E-state index contributed by atoms with van der Waals surface area (Å²) in [5.74, 6) is -0.970. The first-order valence-electron chi connectivity index (χ1n) is 21.5. The molecule has 0 aliphatic heterocycles. The van der Waals surface area contributed by atoms with Gasteiger partial charge in [-0.2, -0.15) is 0 Å². The number of allylic oxidation sites excluding steroid dienone is 7. The fourth-order valence-corrected chi connectivity index (χ4v) is 6.24. The van der Waals surface area contributed by atoms with Crippen molar-refractivity contribution < 1.29 is 52.3 Å². The molecule has 0 rings (SSSR count). The molecule has 4 atom stereocenters. The Labute approximate surface area is 340 Å². The van der Waals surface area contributed by atoms with Crippen molar-refractivity contribution in [2.24, 2.45) is 0 Å². The second-order valence-electron chi connectivity index (χ2n) is 15.6. The van der Waals surface area contributed by atoms with Crippen LogP contribution in [0.25, 0.3) is 0 Å². The molecule has 0 fully saturated rings. The van der Waals surface area contributed by atoms with Crippen LogP contribution in [-0.2, 0) is 32.7 Å². The monoisotopic (exact) mass is 814 g/mol. The van der Waals surface area contributed by atoms with E-state index < -0.39 is 44.7 Å². The number of aliphatic hydroxyl groups excluding tert-OH is 2. The number of carbonyl (C=O) groups excluding carboxylic acids is 2. The molecular weight excluding hydrogens is 733 g/mol. The van der Waals surface area contributed by atoms with Gasteiger partial charge in [0.05, 0.1) is 40.0 Å². The molecule has 0 aromatic carbocycles. The van der Waals surface area contributed by atoms with Crippen molar-refractivity contribution in [2.45, 2.75) is 173 Å². The summed E-state index contributed by atoms with van der Waals surface area (Å²) in [6, 6.07) is 0. The molecule has 0 spiro atoms. The third kappa shape index (κ3) is 37.5. The van der Waals surface area contributed by atoms with Crippen molar-refractivity contribution in [1.82, 2.24) is 0 Å². The minimum Gasteiger partial charge on any atom is -0.756 e. The van der Waals surface area contributed by atoms with E-state index in [4.69, 9.17) is 18.5 Å². The number of phosphoric acid groups is 1. The minimum atomic E-state index is -4.67. The predicted octanol–water partition coefficient (Wildman–Crippen LogP) is 9.22. The van der Waals surface area contributed by atoms with Gasteiger partial charge in [-0.05, 0) is 70.6 Å². The highest BCUT2D eigenvalue weighted by molar-refractivity contribution is 7.45. The summed E-state index contributed by atoms with van der Waals surface area (Å²) < 4.78 is 33.7. The number of quaternary nitrogens is 1. The zero-order chi connectivity index (χ0) is 41.8. The first-order valence-corrected chi connectivity index (χ1v) is 23.0. The van der Waals surface area contributed by atoms with Crippen molar-refractivity contribution in [2.75, 3.05) is 47.5 Å². The molecule has 56 heavy (non-hydrogen) atoms. The number of esters is 2. The molecule has 2 N–H and O–H groups in total. The molecule has 326 valence electrons. The smallest absolute Gasteiger partial charge is 0.306 e. The van der Waals surface area contributed by atoms with Crippen LogP contribution in [0, 0.1) is 0 Å². The van der Waals surface area contributed by atoms with Crippen LogP contribution in [0.2, 0.25) is 0 Å². The highest BCUT2D eigenvalue weighted by Crippen LogP contribution is 2.38. The van der Waals surface area contributed by atoms with Gasteiger partial charge in [0.15, 0.2) is 6.10 Å². The molecule has 0 aromatic heterocycles. The number of unbranched alkanes of at least 4 members (excludes halogenated alkanes) is 12. The van der Waals surface area contributed by atoms with Gasteiger partial charge in [0.2, 0.25) is 0 Å². The Morgan fingerprint density at radius 2 is 1.21 bits per heavy atom. The van der Waals surface area contributed by atoms with Gasteiger partial charge in [-0.15, -0.1) is 0 Å². The number of ether oxygens (including phenoxy) is 2. The maximum atomic E-state index is 12.7. The summed E-state index contributed by atoms with van der Waals surface area (Å²) in [6.07, 6.45) is 33.0. The maximum Gasteiger partial charge on any atom is 0.306 e. The average Bonchev–Trinajstić information content (AvgIpc) is 3.14. The number of hydrogen-bond donors (Lipinski definition) is 2. The number of rotatable bonds is 38. The van der Waals surface area contributed by atoms with Crippen LogP contribution in [-0.4, -0.2) is 92.5 Å². The molecular formula is C44H80NO10P. The summed E-state index contributed by atoms with van der Waals surface area (Å²) in [6.45, 7) is 3.84. The summed E-state index contributed by atoms with van der Waals surface area (Å²) >= 11 is 0. The SMILES string of the molecule is CC/C=C\C/C=C\C/C=C\CCCCCCCC(=O)OC[C@H](COP(=O)([O-])OCC[N+](C)(C)C)OC(=O)CCCCCCC[C@H](O)[C@@H](O)C/C=C\CCCCC. The molecule has 0 bridgehead atoms. The first-order chi connectivity index (χ1) is 26.8. The van der Waals surface area contributed by atoms with E-state index in [2.05, 4.69) is 56.4 Å². The third-order valence-electron chi connectivity index (χ3n) is 9.03. The van der Waals surface area contributed by atoms with Gasteiger partial charge in [0, 0.05) is 12.8 Å². The molecule has 0 saturated carbocycles. The first kappa shape index (κ1) is 53.9. The van der Waals surface area contributed by atoms with Crippen LogP contribution < -0.4 is 4.89 Å². The van der Waals surface area contributed by atoms with E-state index in [1.165, 1.54) is 12.8 Å². The molecule has 1 unspecified atom stereocenters. The number of nitrogens with zero attached hydrogens (tertiary/aromatic N) is 1. The number of carbonyl (C=O) groups is 2. The fraction of sp³-hybridized carbons (Fsp3) is 0.773. The number of aliphatic hydroxyl groups is 2. The maximum absolute atomic E-state index is 12.7. The van der Waals surface area contributed by atoms with Crippen LogP contribution in [0.1, 0.15) is 155 Å². The van der Waals surface area contributed by atoms with Crippen LogP contribution in [0.5, 0.6) is 0 Å². The molecule has 0 radical (unpaired) electrons. The largest absolute Gasteiger partial charge is 0.756 e. The second-order valence-corrected chi connectivity index (χ2v) is 17.0. The van der Waals surface area contributed by atoms with Gasteiger partial charge in [0.1, 0.15) is 19.8 Å². The zero-order valence-corrected chi connectivity index (χ0v) is 36.7. The van der Waals surface area contributed by atoms with Gasteiger partial charge in [-0.25, -0.2) is 0 Å². The lowest BCUT2D eigenvalue weighted by Crippen LogP contribution is -2.37. The van der Waals surface area contributed by atoms with Gasteiger partial charge in [-0.3, -0.25) is 14.2 Å². The standard InChI is InChI=1S/C44H80NO10P/c1-6-8-10-12-14-15-16-17-18-19-20-21-22-26-30-34-43(48)52-38-40(39-54-56(50,51)53-37-36-45(3,4)5)55-44(49)35-31-27-23-25-29-33-42(47)41(46)32-28-24-13-11-9-7-2/h8,10,14-15,17-18,24,28,40-42,46-47H,6-7,9,11-13,16,19-23,25-27,29-39H2,1-5H3/b10-8-,15-14-,18-17-,28-24-/t40-,41+,42+/m1/s1.